The van der Waals surface area contributed by atoms with Gasteiger partial charge in [0.05, 0.1) is 25.2 Å². The van der Waals surface area contributed by atoms with Crippen LogP contribution in [-0.4, -0.2) is 26.1 Å². The van der Waals surface area contributed by atoms with Crippen molar-refractivity contribution in [2.75, 3.05) is 20.2 Å². The lowest BCUT2D eigenvalue weighted by Gasteiger charge is -2.02. The Balaban J connectivity index is 2.63. The molecule has 90 valence electrons. The first-order valence-electron chi connectivity index (χ1n) is 4.96. The van der Waals surface area contributed by atoms with Gasteiger partial charge >= 0.3 is 0 Å². The largest absolute Gasteiger partial charge is 0.495 e. The number of methoxy groups -OCH3 is 1. The summed E-state index contributed by atoms with van der Waals surface area (Å²) < 4.78 is 5.06. The van der Waals surface area contributed by atoms with E-state index in [2.05, 4.69) is 17.2 Å². The molecule has 1 amide bonds. The molecule has 0 aromatic heterocycles. The van der Waals surface area contributed by atoms with Crippen LogP contribution in [0.1, 0.15) is 5.56 Å². The van der Waals surface area contributed by atoms with E-state index in [-0.39, 0.29) is 19.0 Å². The molecule has 0 atom stereocenters. The normalized spacial score (nSPS) is 9.12. The van der Waals surface area contributed by atoms with E-state index in [0.717, 1.165) is 5.56 Å². The highest BCUT2D eigenvalue weighted by atomic mass is 35.5. The van der Waals surface area contributed by atoms with E-state index in [1.54, 1.807) is 25.3 Å². The van der Waals surface area contributed by atoms with Crippen molar-refractivity contribution in [1.82, 2.24) is 5.32 Å². The van der Waals surface area contributed by atoms with Crippen LogP contribution >= 0.6 is 11.6 Å². The van der Waals surface area contributed by atoms with Crippen molar-refractivity contribution in [2.45, 2.75) is 0 Å². The summed E-state index contributed by atoms with van der Waals surface area (Å²) in [6.07, 6.45) is 0. The predicted octanol–water partition coefficient (Wildman–Crippen LogP) is 0.775. The maximum absolute atomic E-state index is 10.8. The molecule has 0 saturated heterocycles. The molecule has 0 bridgehead atoms. The van der Waals surface area contributed by atoms with Crippen molar-refractivity contribution in [2.24, 2.45) is 5.73 Å². The van der Waals surface area contributed by atoms with Crippen molar-refractivity contribution in [3.8, 4) is 17.6 Å². The minimum atomic E-state index is -0.229. The number of ether oxygens (including phenoxy) is 1. The number of hydrogen-bond donors (Lipinski definition) is 2. The Hall–Kier alpha value is -1.70. The molecule has 0 fully saturated rings. The summed E-state index contributed by atoms with van der Waals surface area (Å²) in [6, 6.07) is 5.23. The van der Waals surface area contributed by atoms with Crippen LogP contribution in [0, 0.1) is 11.8 Å². The van der Waals surface area contributed by atoms with Gasteiger partial charge in [-0.05, 0) is 18.2 Å². The summed E-state index contributed by atoms with van der Waals surface area (Å²) >= 11 is 5.87. The maximum atomic E-state index is 10.8. The van der Waals surface area contributed by atoms with Gasteiger partial charge in [-0.2, -0.15) is 0 Å². The summed E-state index contributed by atoms with van der Waals surface area (Å²) in [5.41, 5.74) is 5.90. The van der Waals surface area contributed by atoms with E-state index in [9.17, 15) is 4.79 Å². The summed E-state index contributed by atoms with van der Waals surface area (Å²) in [4.78, 5) is 10.8. The summed E-state index contributed by atoms with van der Waals surface area (Å²) in [7, 11) is 1.54. The van der Waals surface area contributed by atoms with Gasteiger partial charge in [0.15, 0.2) is 0 Å². The molecular formula is C12H13ClN2O2. The third-order valence-electron chi connectivity index (χ3n) is 1.94. The van der Waals surface area contributed by atoms with Gasteiger partial charge in [0, 0.05) is 5.56 Å². The van der Waals surface area contributed by atoms with Crippen molar-refractivity contribution < 1.29 is 9.53 Å². The Labute approximate surface area is 105 Å². The zero-order chi connectivity index (χ0) is 12.7. The molecule has 5 heteroatoms. The van der Waals surface area contributed by atoms with Gasteiger partial charge in [-0.3, -0.25) is 4.79 Å². The maximum Gasteiger partial charge on any atom is 0.234 e. The molecule has 1 aromatic rings. The van der Waals surface area contributed by atoms with Gasteiger partial charge in [-0.15, -0.1) is 0 Å². The fourth-order valence-electron chi connectivity index (χ4n) is 1.10. The molecule has 1 aromatic carbocycles. The third kappa shape index (κ3) is 4.35. The Morgan fingerprint density at radius 3 is 3.00 bits per heavy atom. The third-order valence-corrected chi connectivity index (χ3v) is 2.26. The zero-order valence-electron chi connectivity index (χ0n) is 9.42. The number of amides is 1. The lowest BCUT2D eigenvalue weighted by Crippen LogP contribution is -2.30. The monoisotopic (exact) mass is 252 g/mol. The van der Waals surface area contributed by atoms with Crippen LogP contribution in [0.5, 0.6) is 5.75 Å². The van der Waals surface area contributed by atoms with Gasteiger partial charge in [-0.25, -0.2) is 0 Å². The van der Waals surface area contributed by atoms with E-state index >= 15 is 0 Å². The number of carbonyl (C=O) groups excluding carboxylic acids is 1. The van der Waals surface area contributed by atoms with Crippen LogP contribution in [0.3, 0.4) is 0 Å². The standard InChI is InChI=1S/C12H13ClN2O2/c1-17-11-7-9(4-5-10(11)13)3-2-6-15-12(16)8-14/h4-5,7H,6,8,14H2,1H3,(H,15,16). The average molecular weight is 253 g/mol. The fraction of sp³-hybridized carbons (Fsp3) is 0.250. The number of nitrogens with one attached hydrogen (secondary N) is 1. The second-order valence-electron chi connectivity index (χ2n) is 3.13. The summed E-state index contributed by atoms with van der Waals surface area (Å²) in [5.74, 6) is 6.03. The average Bonchev–Trinajstić information content (AvgIpc) is 2.36. The first-order chi connectivity index (χ1) is 8.17. The highest BCUT2D eigenvalue weighted by Crippen LogP contribution is 2.24. The molecular weight excluding hydrogens is 240 g/mol. The number of halogens is 1. The topological polar surface area (TPSA) is 64.3 Å². The van der Waals surface area contributed by atoms with Gasteiger partial charge < -0.3 is 15.8 Å². The van der Waals surface area contributed by atoms with Gasteiger partial charge in [-0.1, -0.05) is 23.4 Å². The molecule has 0 heterocycles. The molecule has 0 aliphatic rings. The van der Waals surface area contributed by atoms with Crippen LogP contribution in [0.2, 0.25) is 5.02 Å². The van der Waals surface area contributed by atoms with E-state index in [4.69, 9.17) is 22.1 Å². The number of benzene rings is 1. The summed E-state index contributed by atoms with van der Waals surface area (Å²) in [5, 5.41) is 3.08. The lowest BCUT2D eigenvalue weighted by atomic mass is 10.2. The van der Waals surface area contributed by atoms with E-state index in [0.29, 0.717) is 10.8 Å². The molecule has 0 aliphatic carbocycles. The fourth-order valence-corrected chi connectivity index (χ4v) is 1.29. The summed E-state index contributed by atoms with van der Waals surface area (Å²) in [6.45, 7) is 0.234. The van der Waals surface area contributed by atoms with Crippen LogP contribution in [0.4, 0.5) is 0 Å². The van der Waals surface area contributed by atoms with Gasteiger partial charge in [0.25, 0.3) is 0 Å². The number of rotatable bonds is 3. The first kappa shape index (κ1) is 13.4. The number of hydrogen-bond acceptors (Lipinski definition) is 3. The quantitative estimate of drug-likeness (QED) is 0.782. The Morgan fingerprint density at radius 2 is 2.35 bits per heavy atom. The van der Waals surface area contributed by atoms with E-state index in [1.807, 2.05) is 0 Å². The number of nitrogens with two attached hydrogens (primary N) is 1. The first-order valence-corrected chi connectivity index (χ1v) is 5.34. The second-order valence-corrected chi connectivity index (χ2v) is 3.54. The molecule has 0 spiro atoms. The van der Waals surface area contributed by atoms with Crippen molar-refractivity contribution in [1.29, 1.82) is 0 Å². The van der Waals surface area contributed by atoms with Gasteiger partial charge in [0.2, 0.25) is 5.91 Å². The smallest absolute Gasteiger partial charge is 0.234 e. The van der Waals surface area contributed by atoms with Crippen LogP contribution in [0.25, 0.3) is 0 Å². The molecule has 4 nitrogen and oxygen atoms in total. The highest BCUT2D eigenvalue weighted by molar-refractivity contribution is 6.32. The predicted molar refractivity (Wildman–Crippen MR) is 66.9 cm³/mol. The van der Waals surface area contributed by atoms with Crippen LogP contribution in [0.15, 0.2) is 18.2 Å². The molecule has 1 rings (SSSR count). The zero-order valence-corrected chi connectivity index (χ0v) is 10.2. The van der Waals surface area contributed by atoms with Crippen molar-refractivity contribution in [3.63, 3.8) is 0 Å². The second kappa shape index (κ2) is 6.79. The Morgan fingerprint density at radius 1 is 1.59 bits per heavy atom. The molecule has 17 heavy (non-hydrogen) atoms. The highest BCUT2D eigenvalue weighted by Gasteiger charge is 1.99. The van der Waals surface area contributed by atoms with E-state index < -0.39 is 0 Å². The molecule has 0 radical (unpaired) electrons. The van der Waals surface area contributed by atoms with E-state index in [1.165, 1.54) is 0 Å². The Bertz CT molecular complexity index is 463. The van der Waals surface area contributed by atoms with Crippen LogP contribution < -0.4 is 15.8 Å². The molecule has 0 saturated carbocycles. The lowest BCUT2D eigenvalue weighted by molar-refractivity contribution is -0.119. The van der Waals surface area contributed by atoms with Crippen molar-refractivity contribution in [3.05, 3.63) is 28.8 Å². The molecule has 0 unspecified atom stereocenters. The molecule has 0 aliphatic heterocycles. The van der Waals surface area contributed by atoms with Crippen LogP contribution in [-0.2, 0) is 4.79 Å². The molecule has 3 N–H and O–H groups in total. The minimum absolute atomic E-state index is 0.0313. The van der Waals surface area contributed by atoms with Crippen molar-refractivity contribution >= 4 is 17.5 Å². The SMILES string of the molecule is COc1cc(C#CCNC(=O)CN)ccc1Cl. The van der Waals surface area contributed by atoms with Gasteiger partial charge in [0.1, 0.15) is 5.75 Å². The minimum Gasteiger partial charge on any atom is -0.495 e. The number of carbonyl (C=O) groups is 1. The Kier molecular flexibility index (Phi) is 5.34.